The number of nitrogens with one attached hydrogen (secondary N) is 1. The van der Waals surface area contributed by atoms with E-state index in [2.05, 4.69) is 20.3 Å². The molecule has 1 amide bonds. The highest BCUT2D eigenvalue weighted by Crippen LogP contribution is 2.25. The van der Waals surface area contributed by atoms with E-state index < -0.39 is 9.84 Å². The third kappa shape index (κ3) is 4.67. The van der Waals surface area contributed by atoms with E-state index in [1.165, 1.54) is 6.33 Å². The Balaban J connectivity index is 1.28. The quantitative estimate of drug-likeness (QED) is 0.789. The molecule has 29 heavy (non-hydrogen) atoms. The predicted octanol–water partition coefficient (Wildman–Crippen LogP) is 1.34. The van der Waals surface area contributed by atoms with Crippen LogP contribution >= 0.6 is 0 Å². The van der Waals surface area contributed by atoms with Crippen LogP contribution in [0.4, 0.5) is 0 Å². The van der Waals surface area contributed by atoms with E-state index in [1.54, 1.807) is 11.0 Å². The zero-order valence-electron chi connectivity index (χ0n) is 16.6. The van der Waals surface area contributed by atoms with E-state index in [-0.39, 0.29) is 29.7 Å². The Bertz CT molecular complexity index is 935. The fourth-order valence-electron chi connectivity index (χ4n) is 4.26. The number of rotatable bonds is 5. The number of carbonyl (C=O) groups is 1. The standard InChI is InChI=1S/C20H27N5O3S/c1-15(16-2-4-18(5-3-16)25-14-21-13-22-25)23-20(26)17-6-9-24(10-7-17)19-8-11-29(27,28)12-19/h2-5,13-15,17,19H,6-12H2,1H3,(H,23,26). The van der Waals surface area contributed by atoms with E-state index in [1.807, 2.05) is 31.2 Å². The van der Waals surface area contributed by atoms with Gasteiger partial charge in [-0.25, -0.2) is 18.1 Å². The highest BCUT2D eigenvalue weighted by molar-refractivity contribution is 7.91. The minimum atomic E-state index is -2.87. The maximum atomic E-state index is 12.7. The molecule has 1 N–H and O–H groups in total. The summed E-state index contributed by atoms with van der Waals surface area (Å²) in [7, 11) is -2.87. The summed E-state index contributed by atoms with van der Waals surface area (Å²) in [5, 5.41) is 7.24. The van der Waals surface area contributed by atoms with Gasteiger partial charge < -0.3 is 5.32 Å². The van der Waals surface area contributed by atoms with Gasteiger partial charge in [-0.15, -0.1) is 0 Å². The molecule has 0 spiro atoms. The molecular formula is C20H27N5O3S. The number of hydrogen-bond acceptors (Lipinski definition) is 6. The molecule has 2 aromatic rings. The number of piperidine rings is 1. The van der Waals surface area contributed by atoms with Gasteiger partial charge in [0.2, 0.25) is 5.91 Å². The molecule has 8 nitrogen and oxygen atoms in total. The van der Waals surface area contributed by atoms with E-state index >= 15 is 0 Å². The molecule has 2 aliphatic rings. The number of sulfone groups is 1. The van der Waals surface area contributed by atoms with Gasteiger partial charge in [-0.05, 0) is 57.0 Å². The number of nitrogens with zero attached hydrogens (tertiary/aromatic N) is 4. The maximum Gasteiger partial charge on any atom is 0.223 e. The molecule has 2 saturated heterocycles. The van der Waals surface area contributed by atoms with Crippen molar-refractivity contribution in [2.75, 3.05) is 24.6 Å². The second kappa shape index (κ2) is 8.23. The van der Waals surface area contributed by atoms with Crippen LogP contribution in [0.2, 0.25) is 0 Å². The normalized spacial score (nSPS) is 23.7. The lowest BCUT2D eigenvalue weighted by Crippen LogP contribution is -2.45. The lowest BCUT2D eigenvalue weighted by Gasteiger charge is -2.35. The molecule has 0 radical (unpaired) electrons. The molecule has 156 valence electrons. The highest BCUT2D eigenvalue weighted by Gasteiger charge is 2.35. The van der Waals surface area contributed by atoms with Crippen molar-refractivity contribution >= 4 is 15.7 Å². The van der Waals surface area contributed by atoms with Crippen molar-refractivity contribution in [1.29, 1.82) is 0 Å². The molecule has 2 fully saturated rings. The fraction of sp³-hybridized carbons (Fsp3) is 0.550. The van der Waals surface area contributed by atoms with Crippen LogP contribution in [0.1, 0.15) is 37.8 Å². The molecule has 1 aromatic carbocycles. The number of benzene rings is 1. The van der Waals surface area contributed by atoms with Gasteiger partial charge in [-0.3, -0.25) is 9.69 Å². The lowest BCUT2D eigenvalue weighted by atomic mass is 9.94. The van der Waals surface area contributed by atoms with E-state index in [4.69, 9.17) is 0 Å². The monoisotopic (exact) mass is 417 g/mol. The minimum absolute atomic E-state index is 0.0128. The Kier molecular flexibility index (Phi) is 5.69. The second-order valence-corrected chi connectivity index (χ2v) is 10.3. The Morgan fingerprint density at radius 2 is 1.90 bits per heavy atom. The first-order valence-electron chi connectivity index (χ1n) is 10.1. The summed E-state index contributed by atoms with van der Waals surface area (Å²) in [5.74, 6) is 0.634. The van der Waals surface area contributed by atoms with Gasteiger partial charge in [0.15, 0.2) is 9.84 Å². The average molecular weight is 418 g/mol. The van der Waals surface area contributed by atoms with E-state index in [0.717, 1.165) is 43.6 Å². The largest absolute Gasteiger partial charge is 0.349 e. The molecule has 3 heterocycles. The van der Waals surface area contributed by atoms with Crippen LogP contribution in [0.5, 0.6) is 0 Å². The minimum Gasteiger partial charge on any atom is -0.349 e. The Hall–Kier alpha value is -2.26. The highest BCUT2D eigenvalue weighted by atomic mass is 32.2. The van der Waals surface area contributed by atoms with Crippen molar-refractivity contribution in [1.82, 2.24) is 25.0 Å². The Morgan fingerprint density at radius 1 is 1.17 bits per heavy atom. The smallest absolute Gasteiger partial charge is 0.223 e. The van der Waals surface area contributed by atoms with Crippen LogP contribution in [0.15, 0.2) is 36.9 Å². The first-order valence-corrected chi connectivity index (χ1v) is 11.9. The fourth-order valence-corrected chi connectivity index (χ4v) is 6.02. The van der Waals surface area contributed by atoms with Gasteiger partial charge in [0, 0.05) is 12.0 Å². The predicted molar refractivity (Wildman–Crippen MR) is 109 cm³/mol. The summed E-state index contributed by atoms with van der Waals surface area (Å²) >= 11 is 0. The molecule has 2 atom stereocenters. The van der Waals surface area contributed by atoms with Crippen molar-refractivity contribution < 1.29 is 13.2 Å². The number of amides is 1. The number of likely N-dealkylation sites (tertiary alicyclic amines) is 1. The summed E-state index contributed by atoms with van der Waals surface area (Å²) in [4.78, 5) is 18.9. The van der Waals surface area contributed by atoms with Crippen LogP contribution in [0.25, 0.3) is 5.69 Å². The summed E-state index contributed by atoms with van der Waals surface area (Å²) in [5.41, 5.74) is 1.96. The van der Waals surface area contributed by atoms with Crippen LogP contribution in [0.3, 0.4) is 0 Å². The SMILES string of the molecule is CC(NC(=O)C1CCN(C2CCS(=O)(=O)C2)CC1)c1ccc(-n2cncn2)cc1. The van der Waals surface area contributed by atoms with Gasteiger partial charge in [-0.2, -0.15) is 5.10 Å². The summed E-state index contributed by atoms with van der Waals surface area (Å²) in [6, 6.07) is 7.95. The zero-order valence-corrected chi connectivity index (χ0v) is 17.4. The number of hydrogen-bond donors (Lipinski definition) is 1. The third-order valence-electron chi connectivity index (χ3n) is 6.06. The van der Waals surface area contributed by atoms with E-state index in [0.29, 0.717) is 5.75 Å². The maximum absolute atomic E-state index is 12.7. The van der Waals surface area contributed by atoms with Crippen molar-refractivity contribution in [3.8, 4) is 5.69 Å². The van der Waals surface area contributed by atoms with Gasteiger partial charge in [-0.1, -0.05) is 12.1 Å². The summed E-state index contributed by atoms with van der Waals surface area (Å²) in [6.07, 6.45) is 5.42. The molecule has 2 unspecified atom stereocenters. The number of carbonyl (C=O) groups excluding carboxylic acids is 1. The van der Waals surface area contributed by atoms with Crippen LogP contribution in [-0.2, 0) is 14.6 Å². The molecule has 0 aliphatic carbocycles. The van der Waals surface area contributed by atoms with Gasteiger partial charge in [0.05, 0.1) is 23.2 Å². The molecule has 9 heteroatoms. The van der Waals surface area contributed by atoms with Gasteiger partial charge in [0.1, 0.15) is 12.7 Å². The van der Waals surface area contributed by atoms with E-state index in [9.17, 15) is 13.2 Å². The zero-order chi connectivity index (χ0) is 20.4. The molecule has 0 bridgehead atoms. The Labute approximate surface area is 171 Å². The van der Waals surface area contributed by atoms with Crippen molar-refractivity contribution in [3.05, 3.63) is 42.5 Å². The van der Waals surface area contributed by atoms with Crippen LogP contribution in [0, 0.1) is 5.92 Å². The lowest BCUT2D eigenvalue weighted by molar-refractivity contribution is -0.127. The summed E-state index contributed by atoms with van der Waals surface area (Å²) in [6.45, 7) is 3.57. The van der Waals surface area contributed by atoms with Crippen molar-refractivity contribution in [3.63, 3.8) is 0 Å². The van der Waals surface area contributed by atoms with Crippen molar-refractivity contribution in [2.45, 2.75) is 38.3 Å². The van der Waals surface area contributed by atoms with Crippen molar-refractivity contribution in [2.24, 2.45) is 5.92 Å². The molecule has 2 aliphatic heterocycles. The Morgan fingerprint density at radius 3 is 2.48 bits per heavy atom. The van der Waals surface area contributed by atoms with Crippen LogP contribution in [-0.4, -0.2) is 64.6 Å². The topological polar surface area (TPSA) is 97.2 Å². The third-order valence-corrected chi connectivity index (χ3v) is 7.81. The molecular weight excluding hydrogens is 390 g/mol. The number of aromatic nitrogens is 3. The second-order valence-electron chi connectivity index (χ2n) is 8.03. The molecule has 0 saturated carbocycles. The first kappa shape index (κ1) is 20.0. The summed E-state index contributed by atoms with van der Waals surface area (Å²) < 4.78 is 25.1. The molecule has 4 rings (SSSR count). The van der Waals surface area contributed by atoms with Crippen LogP contribution < -0.4 is 5.32 Å². The molecule has 1 aromatic heterocycles. The van der Waals surface area contributed by atoms with Gasteiger partial charge >= 0.3 is 0 Å². The average Bonchev–Trinajstić information content (AvgIpc) is 3.38. The van der Waals surface area contributed by atoms with Gasteiger partial charge in [0.25, 0.3) is 0 Å². The first-order chi connectivity index (χ1) is 13.9.